The average molecular weight is 354 g/mol. The standard InChI is InChI=1S/C20H20ClN3O/c1-14-5-6-18-19(11-14)24(13-22-18)17-7-9-23(10-8-17)20(25)15-3-2-4-16(21)12-15/h2-6,11-13,17H,7-10H2,1H3. The lowest BCUT2D eigenvalue weighted by molar-refractivity contribution is 0.0696. The first kappa shape index (κ1) is 16.2. The van der Waals surface area contributed by atoms with Crippen molar-refractivity contribution in [1.82, 2.24) is 14.5 Å². The van der Waals surface area contributed by atoms with Gasteiger partial charge in [0, 0.05) is 29.7 Å². The van der Waals surface area contributed by atoms with Crippen LogP contribution in [0.4, 0.5) is 0 Å². The van der Waals surface area contributed by atoms with E-state index in [1.807, 2.05) is 23.4 Å². The Morgan fingerprint density at radius 3 is 2.72 bits per heavy atom. The summed E-state index contributed by atoms with van der Waals surface area (Å²) in [5.74, 6) is 0.0623. The predicted molar refractivity (Wildman–Crippen MR) is 100 cm³/mol. The summed E-state index contributed by atoms with van der Waals surface area (Å²) in [6, 6.07) is 13.9. The molecule has 0 unspecified atom stereocenters. The molecule has 0 radical (unpaired) electrons. The molecular formula is C20H20ClN3O. The first-order valence-electron chi connectivity index (χ1n) is 8.60. The molecule has 4 nitrogen and oxygen atoms in total. The topological polar surface area (TPSA) is 38.1 Å². The van der Waals surface area contributed by atoms with Gasteiger partial charge in [0.05, 0.1) is 17.4 Å². The summed E-state index contributed by atoms with van der Waals surface area (Å²) in [7, 11) is 0. The molecular weight excluding hydrogens is 334 g/mol. The van der Waals surface area contributed by atoms with Crippen molar-refractivity contribution in [1.29, 1.82) is 0 Å². The molecule has 1 aliphatic rings. The monoisotopic (exact) mass is 353 g/mol. The Morgan fingerprint density at radius 2 is 1.96 bits per heavy atom. The zero-order valence-electron chi connectivity index (χ0n) is 14.2. The fraction of sp³-hybridized carbons (Fsp3) is 0.300. The van der Waals surface area contributed by atoms with E-state index in [9.17, 15) is 4.79 Å². The Labute approximate surface area is 152 Å². The number of benzene rings is 2. The second kappa shape index (κ2) is 6.52. The number of hydrogen-bond acceptors (Lipinski definition) is 2. The van der Waals surface area contributed by atoms with Crippen LogP contribution >= 0.6 is 11.6 Å². The van der Waals surface area contributed by atoms with Crippen molar-refractivity contribution in [2.24, 2.45) is 0 Å². The molecule has 5 heteroatoms. The molecule has 1 saturated heterocycles. The number of nitrogens with zero attached hydrogens (tertiary/aromatic N) is 3. The maximum Gasteiger partial charge on any atom is 0.253 e. The number of fused-ring (bicyclic) bond motifs is 1. The lowest BCUT2D eigenvalue weighted by Gasteiger charge is -2.33. The summed E-state index contributed by atoms with van der Waals surface area (Å²) in [6.45, 7) is 3.60. The van der Waals surface area contributed by atoms with Crippen LogP contribution in [0.1, 0.15) is 34.8 Å². The van der Waals surface area contributed by atoms with E-state index in [1.54, 1.807) is 12.1 Å². The van der Waals surface area contributed by atoms with Gasteiger partial charge in [-0.2, -0.15) is 0 Å². The lowest BCUT2D eigenvalue weighted by Crippen LogP contribution is -2.39. The molecule has 0 saturated carbocycles. The molecule has 0 aliphatic carbocycles. The zero-order chi connectivity index (χ0) is 17.4. The zero-order valence-corrected chi connectivity index (χ0v) is 14.9. The quantitative estimate of drug-likeness (QED) is 0.681. The predicted octanol–water partition coefficient (Wildman–Crippen LogP) is 4.48. The van der Waals surface area contributed by atoms with Crippen LogP contribution in [0.3, 0.4) is 0 Å². The maximum atomic E-state index is 12.7. The van der Waals surface area contributed by atoms with Gasteiger partial charge in [0.25, 0.3) is 5.91 Å². The third kappa shape index (κ3) is 3.14. The summed E-state index contributed by atoms with van der Waals surface area (Å²) in [5.41, 5.74) is 4.11. The highest BCUT2D eigenvalue weighted by Gasteiger charge is 2.25. The van der Waals surface area contributed by atoms with Crippen molar-refractivity contribution in [3.8, 4) is 0 Å². The molecule has 1 amide bonds. The van der Waals surface area contributed by atoms with Crippen LogP contribution in [0.5, 0.6) is 0 Å². The van der Waals surface area contributed by atoms with Crippen molar-refractivity contribution in [3.63, 3.8) is 0 Å². The van der Waals surface area contributed by atoms with Gasteiger partial charge in [0.1, 0.15) is 0 Å². The van der Waals surface area contributed by atoms with Crippen molar-refractivity contribution in [2.45, 2.75) is 25.8 Å². The molecule has 0 atom stereocenters. The molecule has 2 heterocycles. The van der Waals surface area contributed by atoms with E-state index in [0.29, 0.717) is 16.6 Å². The van der Waals surface area contributed by atoms with Gasteiger partial charge >= 0.3 is 0 Å². The van der Waals surface area contributed by atoms with E-state index >= 15 is 0 Å². The van der Waals surface area contributed by atoms with Crippen LogP contribution in [0, 0.1) is 6.92 Å². The number of carbonyl (C=O) groups excluding carboxylic acids is 1. The first-order chi connectivity index (χ1) is 12.1. The largest absolute Gasteiger partial charge is 0.338 e. The number of hydrogen-bond donors (Lipinski definition) is 0. The molecule has 0 N–H and O–H groups in total. The summed E-state index contributed by atoms with van der Waals surface area (Å²) in [5, 5.41) is 0.598. The van der Waals surface area contributed by atoms with Crippen LogP contribution in [0.25, 0.3) is 11.0 Å². The van der Waals surface area contributed by atoms with Crippen LogP contribution in [0.2, 0.25) is 5.02 Å². The molecule has 0 spiro atoms. The van der Waals surface area contributed by atoms with Crippen molar-refractivity contribution in [3.05, 3.63) is 64.9 Å². The Bertz CT molecular complexity index is 926. The van der Waals surface area contributed by atoms with E-state index in [4.69, 9.17) is 11.6 Å². The molecule has 128 valence electrons. The van der Waals surface area contributed by atoms with Gasteiger partial charge < -0.3 is 9.47 Å². The summed E-state index contributed by atoms with van der Waals surface area (Å²) >= 11 is 6.01. The van der Waals surface area contributed by atoms with Gasteiger partial charge in [-0.1, -0.05) is 23.7 Å². The second-order valence-corrected chi connectivity index (χ2v) is 7.11. The van der Waals surface area contributed by atoms with Crippen molar-refractivity contribution < 1.29 is 4.79 Å². The maximum absolute atomic E-state index is 12.7. The van der Waals surface area contributed by atoms with Crippen molar-refractivity contribution >= 4 is 28.5 Å². The number of piperidine rings is 1. The van der Waals surface area contributed by atoms with E-state index in [2.05, 4.69) is 34.7 Å². The molecule has 1 aromatic heterocycles. The molecule has 1 fully saturated rings. The van der Waals surface area contributed by atoms with E-state index in [1.165, 1.54) is 11.1 Å². The number of aromatic nitrogens is 2. The first-order valence-corrected chi connectivity index (χ1v) is 8.97. The van der Waals surface area contributed by atoms with Crippen LogP contribution in [-0.2, 0) is 0 Å². The SMILES string of the molecule is Cc1ccc2ncn(C3CCN(C(=O)c4cccc(Cl)c4)CC3)c2c1. The lowest BCUT2D eigenvalue weighted by atomic mass is 10.0. The van der Waals surface area contributed by atoms with Gasteiger partial charge in [0.2, 0.25) is 0 Å². The highest BCUT2D eigenvalue weighted by molar-refractivity contribution is 6.30. The van der Waals surface area contributed by atoms with E-state index in [0.717, 1.165) is 31.4 Å². The third-order valence-electron chi connectivity index (χ3n) is 4.95. The highest BCUT2D eigenvalue weighted by Crippen LogP contribution is 2.28. The van der Waals surface area contributed by atoms with Gasteiger partial charge in [-0.3, -0.25) is 4.79 Å². The minimum Gasteiger partial charge on any atom is -0.338 e. The summed E-state index contributed by atoms with van der Waals surface area (Å²) < 4.78 is 2.27. The van der Waals surface area contributed by atoms with Gasteiger partial charge in [0.15, 0.2) is 0 Å². The van der Waals surface area contributed by atoms with E-state index < -0.39 is 0 Å². The Morgan fingerprint density at radius 1 is 1.16 bits per heavy atom. The minimum atomic E-state index is 0.0623. The Kier molecular flexibility index (Phi) is 4.22. The normalized spacial score (nSPS) is 15.7. The molecule has 3 aromatic rings. The number of halogens is 1. The van der Waals surface area contributed by atoms with Gasteiger partial charge in [-0.25, -0.2) is 4.98 Å². The summed E-state index contributed by atoms with van der Waals surface area (Å²) in [4.78, 5) is 19.1. The Balaban J connectivity index is 1.49. The number of aryl methyl sites for hydroxylation is 1. The molecule has 2 aromatic carbocycles. The van der Waals surface area contributed by atoms with Crippen LogP contribution in [0.15, 0.2) is 48.8 Å². The number of carbonyl (C=O) groups is 1. The second-order valence-electron chi connectivity index (χ2n) is 6.68. The highest BCUT2D eigenvalue weighted by atomic mass is 35.5. The Hall–Kier alpha value is -2.33. The number of rotatable bonds is 2. The van der Waals surface area contributed by atoms with Gasteiger partial charge in [-0.05, 0) is 55.7 Å². The molecule has 1 aliphatic heterocycles. The van der Waals surface area contributed by atoms with E-state index in [-0.39, 0.29) is 5.91 Å². The summed E-state index contributed by atoms with van der Waals surface area (Å²) in [6.07, 6.45) is 3.81. The van der Waals surface area contributed by atoms with Gasteiger partial charge in [-0.15, -0.1) is 0 Å². The molecule has 4 rings (SSSR count). The molecule has 0 bridgehead atoms. The van der Waals surface area contributed by atoms with Crippen molar-refractivity contribution in [2.75, 3.05) is 13.1 Å². The fourth-order valence-electron chi connectivity index (χ4n) is 3.58. The third-order valence-corrected chi connectivity index (χ3v) is 5.18. The minimum absolute atomic E-state index is 0.0623. The smallest absolute Gasteiger partial charge is 0.253 e. The average Bonchev–Trinajstić information content (AvgIpc) is 3.04. The molecule has 25 heavy (non-hydrogen) atoms. The number of likely N-dealkylation sites (tertiary alicyclic amines) is 1. The number of imidazole rings is 1. The van der Waals surface area contributed by atoms with Crippen LogP contribution in [-0.4, -0.2) is 33.4 Å². The fourth-order valence-corrected chi connectivity index (χ4v) is 3.77. The number of amides is 1. The van der Waals surface area contributed by atoms with Crippen LogP contribution < -0.4 is 0 Å².